The molecule has 0 bridgehead atoms. The molecule has 0 saturated carbocycles. The molecule has 0 aliphatic carbocycles. The van der Waals surface area contributed by atoms with Crippen LogP contribution in [0.3, 0.4) is 0 Å². The van der Waals surface area contributed by atoms with Crippen molar-refractivity contribution in [2.24, 2.45) is 0 Å². The number of carbonyl (C=O) groups is 1. The summed E-state index contributed by atoms with van der Waals surface area (Å²) in [6, 6.07) is 0.0910. The van der Waals surface area contributed by atoms with Gasteiger partial charge in [-0.2, -0.15) is 0 Å². The molecule has 9 heavy (non-hydrogen) atoms. The molecule has 0 aliphatic rings. The lowest BCUT2D eigenvalue weighted by Crippen LogP contribution is -2.32. The zero-order valence-electron chi connectivity index (χ0n) is 5.78. The second kappa shape index (κ2) is 4.30. The number of nitrogens with one attached hydrogen (secondary N) is 1. The first-order valence-electron chi connectivity index (χ1n) is 3.06. The first-order chi connectivity index (χ1) is 4.20. The van der Waals surface area contributed by atoms with Crippen LogP contribution in [0, 0.1) is 0 Å². The molecule has 54 valence electrons. The largest absolute Gasteiger partial charge is 0.351 e. The molecule has 3 heteroatoms. The van der Waals surface area contributed by atoms with Gasteiger partial charge in [0.25, 0.3) is 5.91 Å². The van der Waals surface area contributed by atoms with Gasteiger partial charge in [0.2, 0.25) is 0 Å². The van der Waals surface area contributed by atoms with Crippen LogP contribution in [0.1, 0.15) is 20.3 Å². The Morgan fingerprint density at radius 2 is 2.33 bits per heavy atom. The smallest absolute Gasteiger partial charge is 0.251 e. The van der Waals surface area contributed by atoms with E-state index in [1.54, 1.807) is 0 Å². The van der Waals surface area contributed by atoms with Gasteiger partial charge in [-0.3, -0.25) is 4.79 Å². The van der Waals surface area contributed by atoms with Crippen molar-refractivity contribution in [2.45, 2.75) is 26.3 Å². The third kappa shape index (κ3) is 3.94. The number of carbonyl (C=O) groups excluding carboxylic acids is 1. The van der Waals surface area contributed by atoms with Crippen LogP contribution in [0.5, 0.6) is 0 Å². The summed E-state index contributed by atoms with van der Waals surface area (Å²) in [6.45, 7) is 2.86. The molecule has 0 aromatic heterocycles. The van der Waals surface area contributed by atoms with Crippen molar-refractivity contribution in [3.63, 3.8) is 0 Å². The van der Waals surface area contributed by atoms with Crippen molar-refractivity contribution < 1.29 is 9.18 Å². The highest BCUT2D eigenvalue weighted by Gasteiger charge is 2.02. The van der Waals surface area contributed by atoms with E-state index in [4.69, 9.17) is 0 Å². The molecular weight excluding hydrogens is 121 g/mol. The topological polar surface area (TPSA) is 29.1 Å². The number of hydrogen-bond donors (Lipinski definition) is 1. The Morgan fingerprint density at radius 3 is 2.67 bits per heavy atom. The SMILES string of the molecule is CCC(C)NC(=O)CF. The zero-order valence-corrected chi connectivity index (χ0v) is 5.78. The van der Waals surface area contributed by atoms with Crippen molar-refractivity contribution in [3.05, 3.63) is 0 Å². The summed E-state index contributed by atoms with van der Waals surface area (Å²) in [4.78, 5) is 10.3. The van der Waals surface area contributed by atoms with Crippen LogP contribution >= 0.6 is 0 Å². The van der Waals surface area contributed by atoms with E-state index in [0.29, 0.717) is 0 Å². The summed E-state index contributed by atoms with van der Waals surface area (Å²) >= 11 is 0. The van der Waals surface area contributed by atoms with Crippen LogP contribution in [-0.4, -0.2) is 18.6 Å². The summed E-state index contributed by atoms with van der Waals surface area (Å²) in [5.41, 5.74) is 0. The van der Waals surface area contributed by atoms with Gasteiger partial charge < -0.3 is 5.32 Å². The molecule has 0 fully saturated rings. The molecule has 0 heterocycles. The summed E-state index contributed by atoms with van der Waals surface area (Å²) in [7, 11) is 0. The zero-order chi connectivity index (χ0) is 7.28. The Bertz CT molecular complexity index is 95.1. The van der Waals surface area contributed by atoms with Crippen molar-refractivity contribution in [1.82, 2.24) is 5.32 Å². The van der Waals surface area contributed by atoms with Crippen LogP contribution in [0.2, 0.25) is 0 Å². The van der Waals surface area contributed by atoms with Gasteiger partial charge in [-0.25, -0.2) is 4.39 Å². The minimum atomic E-state index is -0.912. The third-order valence-corrected chi connectivity index (χ3v) is 1.14. The summed E-state index contributed by atoms with van der Waals surface area (Å²) in [5.74, 6) is -0.524. The number of rotatable bonds is 3. The van der Waals surface area contributed by atoms with Crippen LogP contribution in [-0.2, 0) is 4.79 Å². The average Bonchev–Trinajstić information content (AvgIpc) is 1.87. The van der Waals surface area contributed by atoms with E-state index in [1.807, 2.05) is 13.8 Å². The molecule has 1 amide bonds. The Hall–Kier alpha value is -0.600. The average molecular weight is 133 g/mol. The fourth-order valence-corrected chi connectivity index (χ4v) is 0.415. The van der Waals surface area contributed by atoms with E-state index < -0.39 is 12.6 Å². The molecule has 0 aromatic rings. The van der Waals surface area contributed by atoms with E-state index in [0.717, 1.165) is 6.42 Å². The van der Waals surface area contributed by atoms with Crippen LogP contribution in [0.4, 0.5) is 4.39 Å². The van der Waals surface area contributed by atoms with Crippen molar-refractivity contribution in [1.29, 1.82) is 0 Å². The summed E-state index contributed by atoms with van der Waals surface area (Å²) in [6.07, 6.45) is 0.839. The molecule has 0 aliphatic heterocycles. The number of amides is 1. The normalized spacial score (nSPS) is 12.8. The Kier molecular flexibility index (Phi) is 4.01. The lowest BCUT2D eigenvalue weighted by Gasteiger charge is -2.07. The fraction of sp³-hybridized carbons (Fsp3) is 0.833. The van der Waals surface area contributed by atoms with Gasteiger partial charge in [-0.15, -0.1) is 0 Å². The standard InChI is InChI=1S/C6H12FNO/c1-3-5(2)8-6(9)4-7/h5H,3-4H2,1-2H3,(H,8,9). The molecule has 0 aromatic carbocycles. The molecule has 1 N–H and O–H groups in total. The predicted octanol–water partition coefficient (Wildman–Crippen LogP) is 0.871. The fourth-order valence-electron chi connectivity index (χ4n) is 0.415. The van der Waals surface area contributed by atoms with Crippen LogP contribution in [0.15, 0.2) is 0 Å². The molecule has 0 rings (SSSR count). The van der Waals surface area contributed by atoms with Crippen LogP contribution < -0.4 is 5.32 Å². The van der Waals surface area contributed by atoms with Crippen molar-refractivity contribution >= 4 is 5.91 Å². The maximum Gasteiger partial charge on any atom is 0.251 e. The van der Waals surface area contributed by atoms with E-state index >= 15 is 0 Å². The lowest BCUT2D eigenvalue weighted by atomic mass is 10.3. The molecule has 1 atom stereocenters. The van der Waals surface area contributed by atoms with E-state index in [1.165, 1.54) is 0 Å². The van der Waals surface area contributed by atoms with Gasteiger partial charge >= 0.3 is 0 Å². The summed E-state index contributed by atoms with van der Waals surface area (Å²) < 4.78 is 11.5. The molecule has 0 spiro atoms. The van der Waals surface area contributed by atoms with E-state index in [2.05, 4.69) is 5.32 Å². The maximum atomic E-state index is 11.5. The van der Waals surface area contributed by atoms with E-state index in [9.17, 15) is 9.18 Å². The monoisotopic (exact) mass is 133 g/mol. The van der Waals surface area contributed by atoms with Gasteiger partial charge in [0.1, 0.15) is 0 Å². The van der Waals surface area contributed by atoms with Gasteiger partial charge in [-0.05, 0) is 13.3 Å². The molecule has 0 saturated heterocycles. The second-order valence-corrected chi connectivity index (χ2v) is 2.01. The number of alkyl halides is 1. The third-order valence-electron chi connectivity index (χ3n) is 1.14. The lowest BCUT2D eigenvalue weighted by molar-refractivity contribution is -0.122. The minimum Gasteiger partial charge on any atom is -0.351 e. The minimum absolute atomic E-state index is 0.0910. The van der Waals surface area contributed by atoms with Gasteiger partial charge in [0.05, 0.1) is 0 Å². The predicted molar refractivity (Wildman–Crippen MR) is 33.9 cm³/mol. The Morgan fingerprint density at radius 1 is 1.78 bits per heavy atom. The van der Waals surface area contributed by atoms with Gasteiger partial charge in [0.15, 0.2) is 6.67 Å². The second-order valence-electron chi connectivity index (χ2n) is 2.01. The van der Waals surface area contributed by atoms with Crippen LogP contribution in [0.25, 0.3) is 0 Å². The first kappa shape index (κ1) is 8.40. The summed E-state index contributed by atoms with van der Waals surface area (Å²) in [5, 5.41) is 2.47. The number of halogens is 1. The first-order valence-corrected chi connectivity index (χ1v) is 3.06. The molecule has 0 radical (unpaired) electrons. The quantitative estimate of drug-likeness (QED) is 0.608. The van der Waals surface area contributed by atoms with Gasteiger partial charge in [-0.1, -0.05) is 6.92 Å². The van der Waals surface area contributed by atoms with Gasteiger partial charge in [0, 0.05) is 6.04 Å². The highest BCUT2D eigenvalue weighted by molar-refractivity contribution is 5.77. The number of hydrogen-bond acceptors (Lipinski definition) is 1. The maximum absolute atomic E-state index is 11.5. The van der Waals surface area contributed by atoms with Crippen molar-refractivity contribution in [2.75, 3.05) is 6.67 Å². The molecule has 1 unspecified atom stereocenters. The highest BCUT2D eigenvalue weighted by atomic mass is 19.1. The molecule has 2 nitrogen and oxygen atoms in total. The Balaban J connectivity index is 3.34. The highest BCUT2D eigenvalue weighted by Crippen LogP contribution is 1.86. The molecular formula is C6H12FNO. The van der Waals surface area contributed by atoms with Crippen molar-refractivity contribution in [3.8, 4) is 0 Å². The Labute approximate surface area is 54.4 Å². The van der Waals surface area contributed by atoms with E-state index in [-0.39, 0.29) is 6.04 Å².